The van der Waals surface area contributed by atoms with Crippen LogP contribution in [0.3, 0.4) is 0 Å². The second-order valence-electron chi connectivity index (χ2n) is 8.88. The van der Waals surface area contributed by atoms with Crippen LogP contribution in [-0.2, 0) is 26.3 Å². The number of nitrogens with zero attached hydrogens (tertiary/aromatic N) is 3. The van der Waals surface area contributed by atoms with Crippen molar-refractivity contribution in [2.45, 2.75) is 59.2 Å². The molecule has 0 saturated carbocycles. The number of benzene rings is 2. The highest BCUT2D eigenvalue weighted by molar-refractivity contribution is 7.90. The van der Waals surface area contributed by atoms with Gasteiger partial charge in [0, 0.05) is 26.7 Å². The zero-order valence-corrected chi connectivity index (χ0v) is 22.4. The van der Waals surface area contributed by atoms with E-state index in [1.807, 2.05) is 52.0 Å². The van der Waals surface area contributed by atoms with Crippen LogP contribution in [0.2, 0.25) is 0 Å². The molecule has 0 bridgehead atoms. The maximum absolute atomic E-state index is 13.8. The highest BCUT2D eigenvalue weighted by Gasteiger charge is 2.33. The zero-order chi connectivity index (χ0) is 26.2. The molecule has 2 atom stereocenters. The van der Waals surface area contributed by atoms with Gasteiger partial charge in [0.05, 0.1) is 5.69 Å². The smallest absolute Gasteiger partial charge is 0.304 e. The fraction of sp³-hybridized carbons (Fsp3) is 0.462. The second kappa shape index (κ2) is 12.7. The van der Waals surface area contributed by atoms with Crippen LogP contribution in [0.1, 0.15) is 44.7 Å². The molecule has 0 unspecified atom stereocenters. The monoisotopic (exact) mass is 502 g/mol. The van der Waals surface area contributed by atoms with Gasteiger partial charge < -0.3 is 10.2 Å². The second-order valence-corrected chi connectivity index (χ2v) is 11.0. The van der Waals surface area contributed by atoms with Crippen molar-refractivity contribution in [1.29, 1.82) is 0 Å². The predicted octanol–water partition coefficient (Wildman–Crippen LogP) is 3.33. The first-order chi connectivity index (χ1) is 16.5. The van der Waals surface area contributed by atoms with Crippen molar-refractivity contribution in [3.05, 3.63) is 65.7 Å². The van der Waals surface area contributed by atoms with Crippen molar-refractivity contribution in [1.82, 2.24) is 14.5 Å². The summed E-state index contributed by atoms with van der Waals surface area (Å²) in [5.74, 6) is -0.698. The van der Waals surface area contributed by atoms with E-state index in [1.165, 1.54) is 19.0 Å². The number of hydrogen-bond acceptors (Lipinski definition) is 4. The number of amides is 2. The molecule has 0 aliphatic rings. The third-order valence-electron chi connectivity index (χ3n) is 5.89. The lowest BCUT2D eigenvalue weighted by atomic mass is 10.1. The molecule has 35 heavy (non-hydrogen) atoms. The van der Waals surface area contributed by atoms with Gasteiger partial charge >= 0.3 is 10.2 Å². The maximum atomic E-state index is 13.8. The summed E-state index contributed by atoms with van der Waals surface area (Å²) < 4.78 is 28.5. The van der Waals surface area contributed by atoms with E-state index in [0.717, 1.165) is 26.2 Å². The van der Waals surface area contributed by atoms with E-state index in [9.17, 15) is 18.0 Å². The molecule has 9 heteroatoms. The SMILES string of the molecule is CC[C@H](C)NC(=O)[C@H](CC)N(Cc1cccc(C)c1)C(=O)CN(c1ccccc1)S(=O)(=O)N(C)C. The topological polar surface area (TPSA) is 90.0 Å². The molecule has 0 aliphatic carbocycles. The molecule has 0 aliphatic heterocycles. The van der Waals surface area contributed by atoms with Crippen molar-refractivity contribution in [2.24, 2.45) is 0 Å². The molecular formula is C26H38N4O4S. The number of para-hydroxylation sites is 1. The van der Waals surface area contributed by atoms with E-state index in [4.69, 9.17) is 0 Å². The molecule has 2 aromatic rings. The largest absolute Gasteiger partial charge is 0.352 e. The predicted molar refractivity (Wildman–Crippen MR) is 140 cm³/mol. The van der Waals surface area contributed by atoms with Gasteiger partial charge in [-0.3, -0.25) is 9.59 Å². The van der Waals surface area contributed by atoms with Crippen LogP contribution < -0.4 is 9.62 Å². The van der Waals surface area contributed by atoms with Gasteiger partial charge in [-0.15, -0.1) is 0 Å². The zero-order valence-electron chi connectivity index (χ0n) is 21.6. The fourth-order valence-electron chi connectivity index (χ4n) is 3.68. The van der Waals surface area contributed by atoms with E-state index in [-0.39, 0.29) is 18.5 Å². The van der Waals surface area contributed by atoms with Gasteiger partial charge in [-0.1, -0.05) is 61.9 Å². The Labute approximate surface area is 210 Å². The van der Waals surface area contributed by atoms with Gasteiger partial charge in [0.15, 0.2) is 0 Å². The number of carbonyl (C=O) groups is 2. The van der Waals surface area contributed by atoms with Crippen molar-refractivity contribution >= 4 is 27.7 Å². The molecule has 192 valence electrons. The van der Waals surface area contributed by atoms with Gasteiger partial charge in [0.2, 0.25) is 11.8 Å². The van der Waals surface area contributed by atoms with Crippen LogP contribution in [0.15, 0.2) is 54.6 Å². The average Bonchev–Trinajstić information content (AvgIpc) is 2.82. The fourth-order valence-corrected chi connectivity index (χ4v) is 4.73. The number of carbonyl (C=O) groups excluding carboxylic acids is 2. The number of rotatable bonds is 12. The maximum Gasteiger partial charge on any atom is 0.304 e. The van der Waals surface area contributed by atoms with Crippen LogP contribution >= 0.6 is 0 Å². The molecule has 0 aromatic heterocycles. The van der Waals surface area contributed by atoms with Crippen molar-refractivity contribution < 1.29 is 18.0 Å². The quantitative estimate of drug-likeness (QED) is 0.482. The minimum Gasteiger partial charge on any atom is -0.352 e. The molecule has 0 fully saturated rings. The number of anilines is 1. The van der Waals surface area contributed by atoms with Crippen molar-refractivity contribution in [3.8, 4) is 0 Å². The highest BCUT2D eigenvalue weighted by atomic mass is 32.2. The molecule has 0 saturated heterocycles. The normalized spacial score (nSPS) is 13.2. The summed E-state index contributed by atoms with van der Waals surface area (Å²) >= 11 is 0. The molecule has 2 aromatic carbocycles. The van der Waals surface area contributed by atoms with E-state index in [2.05, 4.69) is 5.32 Å². The minimum absolute atomic E-state index is 0.0394. The number of hydrogen-bond donors (Lipinski definition) is 1. The molecule has 8 nitrogen and oxygen atoms in total. The Morgan fingerprint density at radius 1 is 0.971 bits per heavy atom. The summed E-state index contributed by atoms with van der Waals surface area (Å²) in [5, 5.41) is 2.97. The summed E-state index contributed by atoms with van der Waals surface area (Å²) in [6.07, 6.45) is 1.16. The Morgan fingerprint density at radius 2 is 1.63 bits per heavy atom. The summed E-state index contributed by atoms with van der Waals surface area (Å²) in [6, 6.07) is 15.5. The third-order valence-corrected chi connectivity index (χ3v) is 7.71. The lowest BCUT2D eigenvalue weighted by molar-refractivity contribution is -0.140. The Morgan fingerprint density at radius 3 is 2.17 bits per heavy atom. The first-order valence-corrected chi connectivity index (χ1v) is 13.3. The van der Waals surface area contributed by atoms with Crippen LogP contribution in [0, 0.1) is 6.92 Å². The first-order valence-electron chi connectivity index (χ1n) is 11.9. The van der Waals surface area contributed by atoms with Crippen LogP contribution in [0.5, 0.6) is 0 Å². The average molecular weight is 503 g/mol. The molecule has 0 spiro atoms. The molecular weight excluding hydrogens is 464 g/mol. The van der Waals surface area contributed by atoms with Crippen molar-refractivity contribution in [3.63, 3.8) is 0 Å². The van der Waals surface area contributed by atoms with E-state index in [0.29, 0.717) is 12.1 Å². The van der Waals surface area contributed by atoms with E-state index in [1.54, 1.807) is 30.3 Å². The number of nitrogens with one attached hydrogen (secondary N) is 1. The Bertz CT molecular complexity index is 1090. The van der Waals surface area contributed by atoms with Gasteiger partial charge in [-0.2, -0.15) is 12.7 Å². The Balaban J connectivity index is 2.48. The summed E-state index contributed by atoms with van der Waals surface area (Å²) in [7, 11) is -1.11. The molecule has 0 heterocycles. The lowest BCUT2D eigenvalue weighted by Gasteiger charge is -2.34. The van der Waals surface area contributed by atoms with Gasteiger partial charge in [-0.05, 0) is 44.4 Å². The standard InChI is InChI=1S/C26H38N4O4S/c1-7-21(4)27-26(32)24(8-2)29(18-22-14-12-13-20(3)17-22)25(31)19-30(35(33,34)28(5)6)23-15-10-9-11-16-23/h9-17,21,24H,7-8,18-19H2,1-6H3,(H,27,32)/t21-,24-/m0/s1. The minimum atomic E-state index is -3.96. The third kappa shape index (κ3) is 7.53. The van der Waals surface area contributed by atoms with Crippen LogP contribution in [0.4, 0.5) is 5.69 Å². The van der Waals surface area contributed by atoms with Crippen LogP contribution in [0.25, 0.3) is 0 Å². The summed E-state index contributed by atoms with van der Waals surface area (Å²) in [6.45, 7) is 7.47. The van der Waals surface area contributed by atoms with Gasteiger partial charge in [0.1, 0.15) is 12.6 Å². The van der Waals surface area contributed by atoms with Crippen LogP contribution in [-0.4, -0.2) is 62.2 Å². The summed E-state index contributed by atoms with van der Waals surface area (Å²) in [4.78, 5) is 28.4. The van der Waals surface area contributed by atoms with Gasteiger partial charge in [0.25, 0.3) is 0 Å². The molecule has 0 radical (unpaired) electrons. The van der Waals surface area contributed by atoms with Crippen molar-refractivity contribution in [2.75, 3.05) is 24.9 Å². The molecule has 2 rings (SSSR count). The first kappa shape index (κ1) is 28.3. The lowest BCUT2D eigenvalue weighted by Crippen LogP contribution is -2.54. The highest BCUT2D eigenvalue weighted by Crippen LogP contribution is 2.21. The van der Waals surface area contributed by atoms with E-state index < -0.39 is 28.7 Å². The Hall–Kier alpha value is -2.91. The molecule has 2 amide bonds. The number of aryl methyl sites for hydroxylation is 1. The van der Waals surface area contributed by atoms with E-state index >= 15 is 0 Å². The Kier molecular flexibility index (Phi) is 10.3. The summed E-state index contributed by atoms with van der Waals surface area (Å²) in [5.41, 5.74) is 2.28. The molecule has 1 N–H and O–H groups in total. The van der Waals surface area contributed by atoms with Gasteiger partial charge in [-0.25, -0.2) is 4.31 Å².